The lowest BCUT2D eigenvalue weighted by atomic mass is 9.43. The minimum absolute atomic E-state index is 0.0138. The minimum atomic E-state index is -4.25. The summed E-state index contributed by atoms with van der Waals surface area (Å²) in [6.07, 6.45) is 0.646. The number of aliphatic hydroxyl groups excluding tert-OH is 1. The van der Waals surface area contributed by atoms with E-state index in [1.54, 1.807) is 0 Å². The first-order valence-corrected chi connectivity index (χ1v) is 20.1. The van der Waals surface area contributed by atoms with Gasteiger partial charge < -0.3 is 35.7 Å². The maximum atomic E-state index is 13.0. The van der Waals surface area contributed by atoms with Gasteiger partial charge in [0.05, 0.1) is 36.4 Å². The third-order valence-electron chi connectivity index (χ3n) is 16.1. The SMILES string of the molecule is CCNC(=O)OC(C(C)C)C1CC(CC)C2C(O1)C(O)C1(N)C3CCC4C(C)(C)C(OC(=O)NC5CN(CC(F)(F)F)C5)CCC45CC35CCC21C. The van der Waals surface area contributed by atoms with Crippen LogP contribution in [0.4, 0.5) is 22.8 Å². The maximum absolute atomic E-state index is 13.0. The molecule has 5 saturated carbocycles. The topological polar surface area (TPSA) is 135 Å². The van der Waals surface area contributed by atoms with E-state index >= 15 is 0 Å². The number of nitrogens with zero attached hydrogens (tertiary/aromatic N) is 1. The predicted molar refractivity (Wildman–Crippen MR) is 188 cm³/mol. The normalized spacial score (nSPS) is 45.6. The number of hydrogen-bond acceptors (Lipinski definition) is 8. The molecule has 0 radical (unpaired) electrons. The minimum Gasteiger partial charge on any atom is -0.446 e. The molecule has 2 aliphatic heterocycles. The Morgan fingerprint density at radius 3 is 2.33 bits per heavy atom. The predicted octanol–water partition coefficient (Wildman–Crippen LogP) is 5.99. The Morgan fingerprint density at radius 2 is 1.69 bits per heavy atom. The molecule has 52 heavy (non-hydrogen) atoms. The summed E-state index contributed by atoms with van der Waals surface area (Å²) >= 11 is 0. The molecular formula is C39H63F3N4O6. The van der Waals surface area contributed by atoms with Crippen molar-refractivity contribution in [3.8, 4) is 0 Å². The Hall–Kier alpha value is -1.83. The largest absolute Gasteiger partial charge is 0.446 e. The summed E-state index contributed by atoms with van der Waals surface area (Å²) in [7, 11) is 0. The molecule has 5 aliphatic carbocycles. The average molecular weight is 741 g/mol. The van der Waals surface area contributed by atoms with E-state index < -0.39 is 48.8 Å². The van der Waals surface area contributed by atoms with Crippen molar-refractivity contribution in [3.05, 3.63) is 0 Å². The fourth-order valence-corrected chi connectivity index (χ4v) is 13.9. The first-order chi connectivity index (χ1) is 24.3. The van der Waals surface area contributed by atoms with Gasteiger partial charge >= 0.3 is 18.4 Å². The van der Waals surface area contributed by atoms with E-state index in [9.17, 15) is 27.9 Å². The van der Waals surface area contributed by atoms with E-state index in [2.05, 4.69) is 38.3 Å². The molecule has 2 spiro atoms. The van der Waals surface area contributed by atoms with Gasteiger partial charge in [0.1, 0.15) is 12.2 Å². The number of aliphatic hydroxyl groups is 1. The van der Waals surface area contributed by atoms with Crippen molar-refractivity contribution in [2.45, 2.75) is 155 Å². The summed E-state index contributed by atoms with van der Waals surface area (Å²) in [6, 6.07) is -0.343. The van der Waals surface area contributed by atoms with Gasteiger partial charge in [0.2, 0.25) is 0 Å². The quantitative estimate of drug-likeness (QED) is 0.239. The van der Waals surface area contributed by atoms with Crippen molar-refractivity contribution in [3.63, 3.8) is 0 Å². The van der Waals surface area contributed by atoms with Crippen LogP contribution < -0.4 is 16.4 Å². The van der Waals surface area contributed by atoms with Crippen LogP contribution in [-0.4, -0.2) is 96.6 Å². The number of nitrogens with two attached hydrogens (primary N) is 1. The van der Waals surface area contributed by atoms with Gasteiger partial charge in [0, 0.05) is 25.0 Å². The van der Waals surface area contributed by atoms with Crippen molar-refractivity contribution < 1.29 is 42.1 Å². The second-order valence-corrected chi connectivity index (χ2v) is 19.1. The number of nitrogens with one attached hydrogen (secondary N) is 2. The monoisotopic (exact) mass is 740 g/mol. The highest BCUT2D eigenvalue weighted by molar-refractivity contribution is 5.68. The number of alkyl carbamates (subject to hydrolysis) is 2. The molecule has 13 atom stereocenters. The molecule has 13 unspecified atom stereocenters. The van der Waals surface area contributed by atoms with Gasteiger partial charge in [0.25, 0.3) is 0 Å². The number of alkyl halides is 3. The van der Waals surface area contributed by atoms with Crippen LogP contribution in [0, 0.1) is 51.2 Å². The molecule has 0 aromatic carbocycles. The fourth-order valence-electron chi connectivity index (χ4n) is 13.9. The van der Waals surface area contributed by atoms with Crippen LogP contribution in [0.5, 0.6) is 0 Å². The first-order valence-electron chi connectivity index (χ1n) is 20.1. The number of amides is 2. The third kappa shape index (κ3) is 5.61. The lowest BCUT2D eigenvalue weighted by Crippen LogP contribution is -2.70. The van der Waals surface area contributed by atoms with Gasteiger partial charge in [-0.15, -0.1) is 0 Å². The number of likely N-dealkylation sites (tertiary alicyclic amines) is 1. The molecule has 296 valence electrons. The highest BCUT2D eigenvalue weighted by Crippen LogP contribution is 2.87. The zero-order valence-electron chi connectivity index (χ0n) is 32.2. The van der Waals surface area contributed by atoms with E-state index in [0.29, 0.717) is 12.5 Å². The second kappa shape index (κ2) is 12.9. The van der Waals surface area contributed by atoms with Crippen molar-refractivity contribution in [2.75, 3.05) is 26.2 Å². The standard InChI is InChI=1S/C39H63F3N4O6/c1-8-22-16-24(29(21(3)4)52-32(48)44-9-2)50-30-28(22)35(7)14-15-37-19-36(37)13-12-27(51-33(49)45-23-17-46(18-23)20-38(40,41)42)34(5,6)25(36)10-11-26(37)39(35,43)31(30)47/h21-31,47H,8-20,43H2,1-7H3,(H,44,48)(H,45,49). The van der Waals surface area contributed by atoms with Crippen LogP contribution in [-0.2, 0) is 14.2 Å². The number of carbonyl (C=O) groups excluding carboxylic acids is 2. The molecular weight excluding hydrogens is 677 g/mol. The van der Waals surface area contributed by atoms with Crippen molar-refractivity contribution in [2.24, 2.45) is 57.0 Å². The van der Waals surface area contributed by atoms with Crippen molar-refractivity contribution in [1.82, 2.24) is 15.5 Å². The third-order valence-corrected chi connectivity index (χ3v) is 16.1. The van der Waals surface area contributed by atoms with E-state index in [1.807, 2.05) is 20.8 Å². The summed E-state index contributed by atoms with van der Waals surface area (Å²) in [4.78, 5) is 26.9. The Morgan fingerprint density at radius 1 is 1.02 bits per heavy atom. The van der Waals surface area contributed by atoms with Crippen LogP contribution in [0.1, 0.15) is 106 Å². The van der Waals surface area contributed by atoms with Gasteiger partial charge in [-0.3, -0.25) is 4.90 Å². The van der Waals surface area contributed by atoms with Crippen molar-refractivity contribution in [1.29, 1.82) is 0 Å². The van der Waals surface area contributed by atoms with Gasteiger partial charge in [0.15, 0.2) is 0 Å². The van der Waals surface area contributed by atoms with Crippen LogP contribution in [0.2, 0.25) is 0 Å². The number of carbonyl (C=O) groups is 2. The van der Waals surface area contributed by atoms with E-state index in [1.165, 1.54) is 4.90 Å². The van der Waals surface area contributed by atoms with Gasteiger partial charge in [-0.25, -0.2) is 9.59 Å². The molecule has 5 N–H and O–H groups in total. The summed E-state index contributed by atoms with van der Waals surface area (Å²) in [5, 5.41) is 18.1. The summed E-state index contributed by atoms with van der Waals surface area (Å²) in [6.45, 7) is 14.8. The molecule has 2 saturated heterocycles. The van der Waals surface area contributed by atoms with Crippen molar-refractivity contribution >= 4 is 12.2 Å². The number of ether oxygens (including phenoxy) is 3. The number of hydrogen-bond donors (Lipinski definition) is 4. The molecule has 0 aromatic rings. The van der Waals surface area contributed by atoms with Crippen LogP contribution >= 0.6 is 0 Å². The molecule has 13 heteroatoms. The van der Waals surface area contributed by atoms with Crippen LogP contribution in [0.15, 0.2) is 0 Å². The molecule has 7 rings (SSSR count). The Kier molecular flexibility index (Phi) is 9.51. The molecule has 0 bridgehead atoms. The molecule has 10 nitrogen and oxygen atoms in total. The Balaban J connectivity index is 1.07. The van der Waals surface area contributed by atoms with E-state index in [-0.39, 0.29) is 76.7 Å². The van der Waals surface area contributed by atoms with Gasteiger partial charge in [-0.05, 0) is 104 Å². The summed E-state index contributed by atoms with van der Waals surface area (Å²) in [5.74, 6) is 0.875. The Labute approximate surface area is 307 Å². The summed E-state index contributed by atoms with van der Waals surface area (Å²) < 4.78 is 57.1. The maximum Gasteiger partial charge on any atom is 0.407 e. The lowest BCUT2D eigenvalue weighted by Gasteiger charge is -2.63. The average Bonchev–Trinajstić information content (AvgIpc) is 3.68. The highest BCUT2D eigenvalue weighted by atomic mass is 19.4. The smallest absolute Gasteiger partial charge is 0.407 e. The zero-order chi connectivity index (χ0) is 37.8. The van der Waals surface area contributed by atoms with Crippen LogP contribution in [0.25, 0.3) is 0 Å². The molecule has 7 aliphatic rings. The zero-order valence-corrected chi connectivity index (χ0v) is 32.2. The first kappa shape index (κ1) is 38.4. The van der Waals surface area contributed by atoms with E-state index in [4.69, 9.17) is 19.9 Å². The molecule has 2 amide bonds. The number of rotatable bonds is 8. The van der Waals surface area contributed by atoms with Gasteiger partial charge in [-0.1, -0.05) is 48.0 Å². The number of halogens is 3. The summed E-state index contributed by atoms with van der Waals surface area (Å²) in [5.41, 5.74) is 6.45. The second-order valence-electron chi connectivity index (χ2n) is 19.1. The van der Waals surface area contributed by atoms with E-state index in [0.717, 1.165) is 57.8 Å². The Bertz CT molecular complexity index is 1390. The highest BCUT2D eigenvalue weighted by Gasteiger charge is 2.85. The number of fused-ring (bicyclic) bond motifs is 4. The molecule has 0 aromatic heterocycles. The van der Waals surface area contributed by atoms with Gasteiger partial charge in [-0.2, -0.15) is 13.2 Å². The van der Waals surface area contributed by atoms with Crippen LogP contribution in [0.3, 0.4) is 0 Å². The fraction of sp³-hybridized carbons (Fsp3) is 0.949. The molecule has 2 heterocycles. The molecule has 7 fully saturated rings. The lowest BCUT2D eigenvalue weighted by molar-refractivity contribution is -0.180.